The van der Waals surface area contributed by atoms with Crippen molar-refractivity contribution in [3.8, 4) is 0 Å². The Morgan fingerprint density at radius 2 is 2.00 bits per heavy atom. The van der Waals surface area contributed by atoms with Gasteiger partial charge in [0.1, 0.15) is 0 Å². The Kier molecular flexibility index (Phi) is 6.90. The molecule has 0 aliphatic carbocycles. The molecular weight excluding hydrogens is 368 g/mol. The average Bonchev–Trinajstić information content (AvgIpc) is 3.00. The second kappa shape index (κ2) is 9.58. The number of aromatic nitrogens is 2. The van der Waals surface area contributed by atoms with Crippen LogP contribution >= 0.6 is 0 Å². The van der Waals surface area contributed by atoms with E-state index in [0.29, 0.717) is 32.8 Å². The summed E-state index contributed by atoms with van der Waals surface area (Å²) in [6.45, 7) is 8.35. The molecule has 1 aliphatic heterocycles. The lowest BCUT2D eigenvalue weighted by Gasteiger charge is -2.31. The van der Waals surface area contributed by atoms with Crippen molar-refractivity contribution in [1.82, 2.24) is 20.0 Å². The largest absolute Gasteiger partial charge is 0.450 e. The first-order chi connectivity index (χ1) is 14.0. The minimum atomic E-state index is -0.334. The smallest absolute Gasteiger partial charge is 0.409 e. The summed E-state index contributed by atoms with van der Waals surface area (Å²) in [6.07, 6.45) is 1.26. The molecular formula is C22H30N4O3. The Morgan fingerprint density at radius 3 is 2.72 bits per heavy atom. The average molecular weight is 399 g/mol. The molecule has 0 bridgehead atoms. The minimum absolute atomic E-state index is 0.0198. The van der Waals surface area contributed by atoms with Crippen molar-refractivity contribution in [3.63, 3.8) is 0 Å². The zero-order chi connectivity index (χ0) is 20.8. The number of hydrogen-bond donors (Lipinski definition) is 1. The van der Waals surface area contributed by atoms with Gasteiger partial charge in [0, 0.05) is 30.9 Å². The van der Waals surface area contributed by atoms with Gasteiger partial charge < -0.3 is 15.0 Å². The summed E-state index contributed by atoms with van der Waals surface area (Å²) in [4.78, 5) is 26.3. The van der Waals surface area contributed by atoms with E-state index in [1.807, 2.05) is 36.7 Å². The highest BCUT2D eigenvalue weighted by Gasteiger charge is 2.29. The van der Waals surface area contributed by atoms with Gasteiger partial charge in [-0.2, -0.15) is 5.10 Å². The molecule has 0 saturated carbocycles. The van der Waals surface area contributed by atoms with E-state index in [1.54, 1.807) is 11.8 Å². The van der Waals surface area contributed by atoms with Crippen LogP contribution in [-0.2, 0) is 22.6 Å². The van der Waals surface area contributed by atoms with Crippen molar-refractivity contribution in [3.05, 3.63) is 52.8 Å². The van der Waals surface area contributed by atoms with Crippen molar-refractivity contribution in [2.24, 2.45) is 5.92 Å². The van der Waals surface area contributed by atoms with Gasteiger partial charge in [0.15, 0.2) is 0 Å². The van der Waals surface area contributed by atoms with Crippen LogP contribution in [0.2, 0.25) is 0 Å². The fourth-order valence-corrected chi connectivity index (χ4v) is 3.79. The minimum Gasteiger partial charge on any atom is -0.450 e. The third-order valence-corrected chi connectivity index (χ3v) is 5.46. The Balaban J connectivity index is 1.59. The summed E-state index contributed by atoms with van der Waals surface area (Å²) in [5.74, 6) is -0.221. The molecule has 2 amide bonds. The fourth-order valence-electron chi connectivity index (χ4n) is 3.79. The van der Waals surface area contributed by atoms with Gasteiger partial charge in [-0.25, -0.2) is 4.79 Å². The molecule has 2 heterocycles. The predicted octanol–water partition coefficient (Wildman–Crippen LogP) is 3.03. The molecule has 1 aliphatic rings. The number of carbonyl (C=O) groups excluding carboxylic acids is 2. The molecule has 2 aromatic rings. The molecule has 1 N–H and O–H groups in total. The van der Waals surface area contributed by atoms with Gasteiger partial charge in [-0.3, -0.25) is 9.48 Å². The Hall–Kier alpha value is -2.83. The van der Waals surface area contributed by atoms with E-state index < -0.39 is 0 Å². The molecule has 1 aromatic carbocycles. The topological polar surface area (TPSA) is 76.5 Å². The highest BCUT2D eigenvalue weighted by Crippen LogP contribution is 2.19. The molecule has 1 fully saturated rings. The van der Waals surface area contributed by atoms with Gasteiger partial charge in [0.05, 0.1) is 24.8 Å². The van der Waals surface area contributed by atoms with Crippen LogP contribution in [0.15, 0.2) is 30.3 Å². The number of hydrogen-bond acceptors (Lipinski definition) is 4. The fraction of sp³-hybridized carbons (Fsp3) is 0.500. The number of amides is 2. The molecule has 0 radical (unpaired) electrons. The third kappa shape index (κ3) is 5.16. The molecule has 7 nitrogen and oxygen atoms in total. The Morgan fingerprint density at radius 1 is 1.24 bits per heavy atom. The normalized spacial score (nSPS) is 16.5. The lowest BCUT2D eigenvalue weighted by Crippen LogP contribution is -2.45. The van der Waals surface area contributed by atoms with Crippen LogP contribution in [0.25, 0.3) is 0 Å². The summed E-state index contributed by atoms with van der Waals surface area (Å²) in [6, 6.07) is 10.2. The molecule has 29 heavy (non-hydrogen) atoms. The van der Waals surface area contributed by atoms with E-state index in [1.165, 1.54) is 5.56 Å². The monoisotopic (exact) mass is 398 g/mol. The van der Waals surface area contributed by atoms with E-state index in [9.17, 15) is 9.59 Å². The van der Waals surface area contributed by atoms with Crippen molar-refractivity contribution in [2.75, 3.05) is 19.7 Å². The predicted molar refractivity (Wildman–Crippen MR) is 110 cm³/mol. The number of nitrogens with zero attached hydrogens (tertiary/aromatic N) is 3. The van der Waals surface area contributed by atoms with Crippen LogP contribution in [-0.4, -0.2) is 46.4 Å². The number of aryl methyl sites for hydroxylation is 1. The maximum Gasteiger partial charge on any atom is 0.409 e. The van der Waals surface area contributed by atoms with Gasteiger partial charge in [-0.15, -0.1) is 0 Å². The number of benzene rings is 1. The first-order valence-corrected chi connectivity index (χ1v) is 10.3. The quantitative estimate of drug-likeness (QED) is 0.811. The van der Waals surface area contributed by atoms with Gasteiger partial charge in [0.2, 0.25) is 5.91 Å². The molecule has 3 rings (SSSR count). The van der Waals surface area contributed by atoms with E-state index in [0.717, 1.165) is 29.8 Å². The number of nitrogens with one attached hydrogen (secondary N) is 1. The van der Waals surface area contributed by atoms with E-state index in [4.69, 9.17) is 4.74 Å². The lowest BCUT2D eigenvalue weighted by molar-refractivity contribution is -0.126. The van der Waals surface area contributed by atoms with Crippen molar-refractivity contribution in [2.45, 2.75) is 46.7 Å². The zero-order valence-corrected chi connectivity index (χ0v) is 17.5. The highest BCUT2D eigenvalue weighted by molar-refractivity contribution is 5.80. The second-order valence-corrected chi connectivity index (χ2v) is 7.49. The van der Waals surface area contributed by atoms with Gasteiger partial charge in [-0.1, -0.05) is 30.3 Å². The summed E-state index contributed by atoms with van der Waals surface area (Å²) < 4.78 is 7.05. The molecule has 156 valence electrons. The zero-order valence-electron chi connectivity index (χ0n) is 17.5. The van der Waals surface area contributed by atoms with E-state index >= 15 is 0 Å². The second-order valence-electron chi connectivity index (χ2n) is 7.49. The van der Waals surface area contributed by atoms with Crippen LogP contribution < -0.4 is 5.32 Å². The number of carbonyl (C=O) groups is 2. The van der Waals surface area contributed by atoms with Crippen LogP contribution in [0.1, 0.15) is 42.3 Å². The molecule has 1 saturated heterocycles. The van der Waals surface area contributed by atoms with Crippen molar-refractivity contribution < 1.29 is 14.3 Å². The number of ether oxygens (including phenoxy) is 1. The summed E-state index contributed by atoms with van der Waals surface area (Å²) in [5, 5.41) is 7.70. The molecule has 0 spiro atoms. The summed E-state index contributed by atoms with van der Waals surface area (Å²) >= 11 is 0. The number of rotatable bonds is 6. The standard InChI is InChI=1S/C22H30N4O3/c1-4-29-22(28)25-12-8-11-19(15-25)21(27)23-13-20-16(2)24-26(17(20)3)14-18-9-6-5-7-10-18/h5-7,9-10,19H,4,8,11-15H2,1-3H3,(H,23,27). The molecule has 1 aromatic heterocycles. The van der Waals surface area contributed by atoms with Crippen molar-refractivity contribution >= 4 is 12.0 Å². The molecule has 1 unspecified atom stereocenters. The summed E-state index contributed by atoms with van der Waals surface area (Å²) in [7, 11) is 0. The number of piperidine rings is 1. The SMILES string of the molecule is CCOC(=O)N1CCCC(C(=O)NCc2c(C)nn(Cc3ccccc3)c2C)C1. The van der Waals surface area contributed by atoms with Crippen LogP contribution in [0.5, 0.6) is 0 Å². The highest BCUT2D eigenvalue weighted by atomic mass is 16.6. The third-order valence-electron chi connectivity index (χ3n) is 5.46. The van der Waals surface area contributed by atoms with Crippen LogP contribution in [0, 0.1) is 19.8 Å². The van der Waals surface area contributed by atoms with Crippen LogP contribution in [0.3, 0.4) is 0 Å². The first-order valence-electron chi connectivity index (χ1n) is 10.3. The van der Waals surface area contributed by atoms with E-state index in [2.05, 4.69) is 22.5 Å². The lowest BCUT2D eigenvalue weighted by atomic mass is 9.97. The van der Waals surface area contributed by atoms with Gasteiger partial charge >= 0.3 is 6.09 Å². The Labute approximate surface area is 172 Å². The molecule has 1 atom stereocenters. The van der Waals surface area contributed by atoms with Crippen molar-refractivity contribution in [1.29, 1.82) is 0 Å². The van der Waals surface area contributed by atoms with E-state index in [-0.39, 0.29) is 17.9 Å². The molecule has 7 heteroatoms. The van der Waals surface area contributed by atoms with Crippen LogP contribution in [0.4, 0.5) is 4.79 Å². The maximum absolute atomic E-state index is 12.7. The van der Waals surface area contributed by atoms with Gasteiger partial charge in [-0.05, 0) is 39.2 Å². The van der Waals surface area contributed by atoms with Gasteiger partial charge in [0.25, 0.3) is 0 Å². The Bertz CT molecular complexity index is 847. The summed E-state index contributed by atoms with van der Waals surface area (Å²) in [5.41, 5.74) is 4.22. The number of likely N-dealkylation sites (tertiary alicyclic amines) is 1. The maximum atomic E-state index is 12.7. The first kappa shape index (κ1) is 20.9.